The second-order valence-corrected chi connectivity index (χ2v) is 5.84. The zero-order chi connectivity index (χ0) is 17.7. The zero-order valence-electron chi connectivity index (χ0n) is 14.1. The molecule has 0 heterocycles. The van der Waals surface area contributed by atoms with E-state index in [0.717, 1.165) is 12.0 Å². The second kappa shape index (κ2) is 7.68. The zero-order valence-corrected chi connectivity index (χ0v) is 14.1. The third-order valence-corrected chi connectivity index (χ3v) is 3.71. The second-order valence-electron chi connectivity index (χ2n) is 5.84. The molecular formula is C20H22O4. The summed E-state index contributed by atoms with van der Waals surface area (Å²) in [6.45, 7) is 5.75. The number of rotatable bonds is 5. The molecule has 0 unspecified atom stereocenters. The SMILES string of the molecule is CCc1ccccc1OC(=O)C=Cc1cc(O)c(C(C)C)c(O)c1. The van der Waals surface area contributed by atoms with Gasteiger partial charge in [0.2, 0.25) is 0 Å². The minimum absolute atomic E-state index is 0.00135. The molecule has 2 N–H and O–H groups in total. The Balaban J connectivity index is 2.14. The van der Waals surface area contributed by atoms with Crippen molar-refractivity contribution in [2.24, 2.45) is 0 Å². The summed E-state index contributed by atoms with van der Waals surface area (Å²) in [6.07, 6.45) is 3.54. The number of phenolic OH excluding ortho intramolecular Hbond substituents is 2. The largest absolute Gasteiger partial charge is 0.507 e. The number of para-hydroxylation sites is 1. The summed E-state index contributed by atoms with van der Waals surface area (Å²) in [7, 11) is 0. The van der Waals surface area contributed by atoms with Gasteiger partial charge in [-0.3, -0.25) is 0 Å². The van der Waals surface area contributed by atoms with Gasteiger partial charge in [0.1, 0.15) is 17.2 Å². The van der Waals surface area contributed by atoms with Crippen LogP contribution in [0.3, 0.4) is 0 Å². The van der Waals surface area contributed by atoms with Crippen LogP contribution in [0.4, 0.5) is 0 Å². The van der Waals surface area contributed by atoms with E-state index in [-0.39, 0.29) is 17.4 Å². The van der Waals surface area contributed by atoms with Gasteiger partial charge in [-0.15, -0.1) is 0 Å². The Labute approximate surface area is 142 Å². The highest BCUT2D eigenvalue weighted by Crippen LogP contribution is 2.35. The first-order valence-electron chi connectivity index (χ1n) is 7.96. The van der Waals surface area contributed by atoms with Crippen LogP contribution >= 0.6 is 0 Å². The van der Waals surface area contributed by atoms with Crippen molar-refractivity contribution in [1.29, 1.82) is 0 Å². The Kier molecular flexibility index (Phi) is 5.64. The topological polar surface area (TPSA) is 66.8 Å². The summed E-state index contributed by atoms with van der Waals surface area (Å²) in [4.78, 5) is 12.0. The smallest absolute Gasteiger partial charge is 0.336 e. The molecule has 0 radical (unpaired) electrons. The molecule has 0 atom stereocenters. The molecule has 0 saturated carbocycles. The number of carbonyl (C=O) groups is 1. The van der Waals surface area contributed by atoms with Crippen LogP contribution in [0.25, 0.3) is 6.08 Å². The number of benzene rings is 2. The van der Waals surface area contributed by atoms with E-state index in [4.69, 9.17) is 4.74 Å². The van der Waals surface area contributed by atoms with Crippen LogP contribution in [0.1, 0.15) is 43.4 Å². The van der Waals surface area contributed by atoms with Crippen LogP contribution in [-0.2, 0) is 11.2 Å². The molecule has 24 heavy (non-hydrogen) atoms. The predicted octanol–water partition coefficient (Wildman–Crippen LogP) is 4.40. The van der Waals surface area contributed by atoms with E-state index < -0.39 is 5.97 Å². The van der Waals surface area contributed by atoms with E-state index in [0.29, 0.717) is 16.9 Å². The van der Waals surface area contributed by atoms with Crippen LogP contribution in [-0.4, -0.2) is 16.2 Å². The van der Waals surface area contributed by atoms with E-state index in [1.165, 1.54) is 24.3 Å². The molecule has 0 saturated heterocycles. The molecule has 0 aliphatic heterocycles. The Morgan fingerprint density at radius 1 is 1.17 bits per heavy atom. The lowest BCUT2D eigenvalue weighted by Gasteiger charge is -2.11. The molecule has 2 aromatic carbocycles. The molecule has 0 fully saturated rings. The summed E-state index contributed by atoms with van der Waals surface area (Å²) in [5, 5.41) is 20.0. The molecule has 0 aliphatic rings. The van der Waals surface area contributed by atoms with E-state index in [1.54, 1.807) is 6.07 Å². The monoisotopic (exact) mass is 326 g/mol. The fourth-order valence-electron chi connectivity index (χ4n) is 2.53. The van der Waals surface area contributed by atoms with E-state index >= 15 is 0 Å². The van der Waals surface area contributed by atoms with Crippen LogP contribution < -0.4 is 4.74 Å². The van der Waals surface area contributed by atoms with Crippen molar-refractivity contribution in [2.45, 2.75) is 33.1 Å². The molecule has 4 nitrogen and oxygen atoms in total. The molecule has 2 aromatic rings. The van der Waals surface area contributed by atoms with Gasteiger partial charge in [0, 0.05) is 11.6 Å². The molecule has 0 spiro atoms. The van der Waals surface area contributed by atoms with Crippen molar-refractivity contribution in [1.82, 2.24) is 0 Å². The number of carbonyl (C=O) groups excluding carboxylic acids is 1. The molecule has 0 aromatic heterocycles. The maximum absolute atomic E-state index is 12.0. The van der Waals surface area contributed by atoms with Crippen molar-refractivity contribution in [3.63, 3.8) is 0 Å². The third kappa shape index (κ3) is 4.16. The molecule has 0 aliphatic carbocycles. The van der Waals surface area contributed by atoms with Crippen LogP contribution in [0, 0.1) is 0 Å². The van der Waals surface area contributed by atoms with Gasteiger partial charge >= 0.3 is 5.97 Å². The molecule has 0 amide bonds. The Hall–Kier alpha value is -2.75. The average Bonchev–Trinajstić information content (AvgIpc) is 2.52. The van der Waals surface area contributed by atoms with Crippen molar-refractivity contribution < 1.29 is 19.7 Å². The summed E-state index contributed by atoms with van der Waals surface area (Å²) >= 11 is 0. The summed E-state index contributed by atoms with van der Waals surface area (Å²) in [5.74, 6) is 0.0422. The van der Waals surface area contributed by atoms with Crippen molar-refractivity contribution in [3.05, 3.63) is 59.2 Å². The van der Waals surface area contributed by atoms with Gasteiger partial charge in [0.05, 0.1) is 0 Å². The quantitative estimate of drug-likeness (QED) is 0.485. The minimum atomic E-state index is -0.511. The van der Waals surface area contributed by atoms with Crippen molar-refractivity contribution in [3.8, 4) is 17.2 Å². The maximum Gasteiger partial charge on any atom is 0.336 e. The number of phenols is 2. The highest BCUT2D eigenvalue weighted by molar-refractivity contribution is 5.89. The molecule has 0 bridgehead atoms. The van der Waals surface area contributed by atoms with Gasteiger partial charge in [0.25, 0.3) is 0 Å². The maximum atomic E-state index is 12.0. The molecule has 2 rings (SSSR count). The Bertz CT molecular complexity index is 737. The lowest BCUT2D eigenvalue weighted by Crippen LogP contribution is -2.05. The first-order chi connectivity index (χ1) is 11.4. The van der Waals surface area contributed by atoms with Gasteiger partial charge in [-0.25, -0.2) is 4.79 Å². The van der Waals surface area contributed by atoms with Gasteiger partial charge < -0.3 is 14.9 Å². The minimum Gasteiger partial charge on any atom is -0.507 e. The fraction of sp³-hybridized carbons (Fsp3) is 0.250. The van der Waals surface area contributed by atoms with Crippen molar-refractivity contribution in [2.75, 3.05) is 0 Å². The summed E-state index contributed by atoms with van der Waals surface area (Å²) in [6, 6.07) is 10.4. The molecular weight excluding hydrogens is 304 g/mol. The number of ether oxygens (including phenoxy) is 1. The molecule has 126 valence electrons. The lowest BCUT2D eigenvalue weighted by molar-refractivity contribution is -0.128. The average molecular weight is 326 g/mol. The first-order valence-corrected chi connectivity index (χ1v) is 7.96. The number of aromatic hydroxyl groups is 2. The first kappa shape index (κ1) is 17.6. The highest BCUT2D eigenvalue weighted by atomic mass is 16.5. The predicted molar refractivity (Wildman–Crippen MR) is 94.3 cm³/mol. The van der Waals surface area contributed by atoms with Crippen LogP contribution in [0.15, 0.2) is 42.5 Å². The number of esters is 1. The fourth-order valence-corrected chi connectivity index (χ4v) is 2.53. The lowest BCUT2D eigenvalue weighted by atomic mass is 9.99. The van der Waals surface area contributed by atoms with Gasteiger partial charge in [0.15, 0.2) is 0 Å². The van der Waals surface area contributed by atoms with Gasteiger partial charge in [-0.1, -0.05) is 39.0 Å². The van der Waals surface area contributed by atoms with Gasteiger partial charge in [-0.2, -0.15) is 0 Å². The van der Waals surface area contributed by atoms with E-state index in [9.17, 15) is 15.0 Å². The van der Waals surface area contributed by atoms with Gasteiger partial charge in [-0.05, 0) is 47.7 Å². The summed E-state index contributed by atoms with van der Waals surface area (Å²) < 4.78 is 5.33. The van der Waals surface area contributed by atoms with Crippen LogP contribution in [0.2, 0.25) is 0 Å². The Morgan fingerprint density at radius 2 is 1.79 bits per heavy atom. The highest BCUT2D eigenvalue weighted by Gasteiger charge is 2.12. The van der Waals surface area contributed by atoms with E-state index in [1.807, 2.05) is 39.0 Å². The summed E-state index contributed by atoms with van der Waals surface area (Å²) in [5.41, 5.74) is 1.97. The van der Waals surface area contributed by atoms with E-state index in [2.05, 4.69) is 0 Å². The van der Waals surface area contributed by atoms with Crippen LogP contribution in [0.5, 0.6) is 17.2 Å². The third-order valence-electron chi connectivity index (χ3n) is 3.71. The normalized spacial score (nSPS) is 11.2. The number of aryl methyl sites for hydroxylation is 1. The standard InChI is InChI=1S/C20H22O4/c1-4-15-7-5-6-8-18(15)24-19(23)10-9-14-11-16(21)20(13(2)3)17(22)12-14/h5-13,21-22H,4H2,1-3H3. The Morgan fingerprint density at radius 3 is 2.38 bits per heavy atom. The molecule has 4 heteroatoms. The number of hydrogen-bond donors (Lipinski definition) is 2. The van der Waals surface area contributed by atoms with Crippen molar-refractivity contribution >= 4 is 12.0 Å². The number of hydrogen-bond acceptors (Lipinski definition) is 4.